The normalized spacial score (nSPS) is 10.3. The minimum Gasteiger partial charge on any atom is -1.00 e. The number of rotatable bonds is 11. The van der Waals surface area contributed by atoms with Crippen molar-refractivity contribution in [2.45, 2.75) is 103 Å². The molecule has 0 aliphatic rings. The van der Waals surface area contributed by atoms with Crippen molar-refractivity contribution in [1.29, 1.82) is 0 Å². The Morgan fingerprint density at radius 3 is 1.21 bits per heavy atom. The van der Waals surface area contributed by atoms with E-state index in [0.717, 1.165) is 27.1 Å². The predicted octanol–water partition coefficient (Wildman–Crippen LogP) is 7.10. The Hall–Kier alpha value is 0.532. The Morgan fingerprint density at radius 2 is 0.947 bits per heavy atom. The Kier molecular flexibility index (Phi) is 21.3. The maximum absolute atomic E-state index is 2.31. The summed E-state index contributed by atoms with van der Waals surface area (Å²) in [6.07, 6.45) is 11.5. The van der Waals surface area contributed by atoms with Gasteiger partial charge in [0.2, 0.25) is 0 Å². The first-order chi connectivity index (χ1) is 9.04. The topological polar surface area (TPSA) is 0 Å². The van der Waals surface area contributed by atoms with Gasteiger partial charge in [0.15, 0.2) is 0 Å². The van der Waals surface area contributed by atoms with Crippen molar-refractivity contribution in [3.63, 3.8) is 0 Å². The second-order valence-electron chi connectivity index (χ2n) is 6.67. The molecule has 0 aliphatic heterocycles. The van der Waals surface area contributed by atoms with Crippen LogP contribution >= 0.6 is 0 Å². The third-order valence-electron chi connectivity index (χ3n) is 3.23. The maximum Gasteiger partial charge on any atom is -0.0533 e. The zero-order chi connectivity index (χ0) is 14.9. The van der Waals surface area contributed by atoms with Crippen LogP contribution in [-0.2, 0) is 0 Å². The SMILES string of the molecule is CC(C)[CH2][Al+][CH2]C(C)C.CCCCCCCCCC.[H-]. The summed E-state index contributed by atoms with van der Waals surface area (Å²) in [7, 11) is 0. The van der Waals surface area contributed by atoms with Gasteiger partial charge in [0.25, 0.3) is 0 Å². The van der Waals surface area contributed by atoms with Crippen LogP contribution in [0.25, 0.3) is 0 Å². The van der Waals surface area contributed by atoms with Crippen molar-refractivity contribution in [1.82, 2.24) is 0 Å². The number of hydrogen-bond acceptors (Lipinski definition) is 0. The predicted molar refractivity (Wildman–Crippen MR) is 94.4 cm³/mol. The van der Waals surface area contributed by atoms with E-state index in [1.165, 1.54) is 61.9 Å². The average molecular weight is 285 g/mol. The van der Waals surface area contributed by atoms with E-state index in [2.05, 4.69) is 41.5 Å². The van der Waals surface area contributed by atoms with Crippen molar-refractivity contribution < 1.29 is 1.43 Å². The van der Waals surface area contributed by atoms with Gasteiger partial charge in [-0.05, 0) is 0 Å². The van der Waals surface area contributed by atoms with Crippen LogP contribution < -0.4 is 0 Å². The fourth-order valence-electron chi connectivity index (χ4n) is 1.97. The van der Waals surface area contributed by atoms with Gasteiger partial charge in [-0.15, -0.1) is 0 Å². The van der Waals surface area contributed by atoms with Gasteiger partial charge < -0.3 is 1.43 Å². The first-order valence-electron chi connectivity index (χ1n) is 8.86. The van der Waals surface area contributed by atoms with E-state index < -0.39 is 0 Å². The third-order valence-corrected chi connectivity index (χ3v) is 5.79. The summed E-state index contributed by atoms with van der Waals surface area (Å²) in [6.45, 7) is 13.8. The molecule has 0 saturated heterocycles. The molecular weight excluding hydrogens is 243 g/mol. The van der Waals surface area contributed by atoms with E-state index in [9.17, 15) is 0 Å². The van der Waals surface area contributed by atoms with Crippen LogP contribution in [-0.4, -0.2) is 15.2 Å². The van der Waals surface area contributed by atoms with Gasteiger partial charge in [-0.1, -0.05) is 65.2 Å². The summed E-state index contributed by atoms with van der Waals surface area (Å²) < 4.78 is 0. The van der Waals surface area contributed by atoms with Gasteiger partial charge in [-0.2, -0.15) is 0 Å². The van der Waals surface area contributed by atoms with Crippen molar-refractivity contribution in [3.8, 4) is 0 Å². The molecule has 0 bridgehead atoms. The first-order valence-corrected chi connectivity index (χ1v) is 10.5. The summed E-state index contributed by atoms with van der Waals surface area (Å²) in [5, 5.41) is 2.97. The van der Waals surface area contributed by atoms with Crippen LogP contribution in [0.15, 0.2) is 0 Å². The number of hydrogen-bond donors (Lipinski definition) is 0. The Balaban J connectivity index is -0.000000277. The van der Waals surface area contributed by atoms with E-state index in [4.69, 9.17) is 0 Å². The van der Waals surface area contributed by atoms with Crippen LogP contribution in [0.3, 0.4) is 0 Å². The van der Waals surface area contributed by atoms with Crippen LogP contribution in [0.4, 0.5) is 0 Å². The quantitative estimate of drug-likeness (QED) is 0.280. The summed E-state index contributed by atoms with van der Waals surface area (Å²) in [4.78, 5) is 0. The molecular formula is C18H41Al. The van der Waals surface area contributed by atoms with Crippen LogP contribution in [0.2, 0.25) is 10.6 Å². The molecule has 0 spiro atoms. The van der Waals surface area contributed by atoms with Crippen molar-refractivity contribution in [3.05, 3.63) is 0 Å². The van der Waals surface area contributed by atoms with E-state index in [1.807, 2.05) is 0 Å². The maximum atomic E-state index is 2.31. The Bertz CT molecular complexity index is 130. The van der Waals surface area contributed by atoms with Gasteiger partial charge >= 0.3 is 65.3 Å². The van der Waals surface area contributed by atoms with Crippen molar-refractivity contribution in [2.24, 2.45) is 11.8 Å². The fourth-order valence-corrected chi connectivity index (χ4v) is 3.50. The molecule has 0 N–H and O–H groups in total. The van der Waals surface area contributed by atoms with E-state index in [0.29, 0.717) is 0 Å². The minimum absolute atomic E-state index is 0. The molecule has 0 radical (unpaired) electrons. The molecule has 1 heteroatoms. The molecule has 116 valence electrons. The standard InChI is InChI=1S/C10H22.2C4H9.Al.H/c1-3-5-7-9-10-8-6-4-2;2*1-4(2)3;;/h3-10H2,1-2H3;2*4H,1H2,2-3H3;;/q;;;+1;-1. The molecule has 0 rings (SSSR count). The van der Waals surface area contributed by atoms with Gasteiger partial charge in [-0.25, -0.2) is 0 Å². The molecule has 0 aromatic carbocycles. The summed E-state index contributed by atoms with van der Waals surface area (Å²) >= 11 is 0.755. The monoisotopic (exact) mass is 284 g/mol. The molecule has 0 aromatic heterocycles. The molecule has 19 heavy (non-hydrogen) atoms. The summed E-state index contributed by atoms with van der Waals surface area (Å²) in [5.41, 5.74) is 0. The molecule has 0 heterocycles. The van der Waals surface area contributed by atoms with Gasteiger partial charge in [0.05, 0.1) is 0 Å². The molecule has 0 fully saturated rings. The van der Waals surface area contributed by atoms with Gasteiger partial charge in [-0.3, -0.25) is 0 Å². The fraction of sp³-hybridized carbons (Fsp3) is 1.00. The Labute approximate surface area is 132 Å². The Morgan fingerprint density at radius 1 is 0.632 bits per heavy atom. The second kappa shape index (κ2) is 18.5. The van der Waals surface area contributed by atoms with E-state index in [-0.39, 0.29) is 1.43 Å². The van der Waals surface area contributed by atoms with Crippen LogP contribution in [0.5, 0.6) is 0 Å². The zero-order valence-corrected chi connectivity index (χ0v) is 16.0. The second-order valence-corrected chi connectivity index (χ2v) is 8.19. The molecule has 0 saturated carbocycles. The largest absolute Gasteiger partial charge is 1.00 e. The molecule has 0 atom stereocenters. The smallest absolute Gasteiger partial charge is 0.0533 e. The van der Waals surface area contributed by atoms with Gasteiger partial charge in [0, 0.05) is 0 Å². The van der Waals surface area contributed by atoms with Crippen LogP contribution in [0.1, 0.15) is 94.3 Å². The number of unbranched alkanes of at least 4 members (excludes halogenated alkanes) is 7. The average Bonchev–Trinajstić information content (AvgIpc) is 2.33. The van der Waals surface area contributed by atoms with E-state index in [1.54, 1.807) is 0 Å². The molecule has 0 aliphatic carbocycles. The molecule has 0 unspecified atom stereocenters. The van der Waals surface area contributed by atoms with Crippen molar-refractivity contribution in [2.75, 3.05) is 0 Å². The van der Waals surface area contributed by atoms with Crippen LogP contribution in [0, 0.1) is 11.8 Å². The first kappa shape index (κ1) is 21.8. The van der Waals surface area contributed by atoms with Gasteiger partial charge in [0.1, 0.15) is 0 Å². The minimum atomic E-state index is 0. The molecule has 0 nitrogen and oxygen atoms in total. The molecule has 0 amide bonds. The molecule has 0 aromatic rings. The zero-order valence-electron chi connectivity index (χ0n) is 15.8. The summed E-state index contributed by atoms with van der Waals surface area (Å²) in [5.74, 6) is 1.86. The van der Waals surface area contributed by atoms with E-state index >= 15 is 0 Å². The van der Waals surface area contributed by atoms with Crippen molar-refractivity contribution >= 4 is 15.2 Å². The summed E-state index contributed by atoms with van der Waals surface area (Å²) in [6, 6.07) is 0. The third kappa shape index (κ3) is 27.7.